The zero-order chi connectivity index (χ0) is 24.8. The van der Waals surface area contributed by atoms with Gasteiger partial charge in [0, 0.05) is 26.1 Å². The lowest BCUT2D eigenvalue weighted by Crippen LogP contribution is -2.46. The van der Waals surface area contributed by atoms with Gasteiger partial charge in [0.15, 0.2) is 0 Å². The van der Waals surface area contributed by atoms with Crippen molar-refractivity contribution in [1.82, 2.24) is 4.90 Å². The number of hydrogen-bond donors (Lipinski definition) is 1. The molecular formula is C25H34N2O6. The number of nitro groups is 1. The molecule has 3 rings (SSSR count). The number of aliphatic hydroxyl groups is 1. The van der Waals surface area contributed by atoms with Crippen LogP contribution < -0.4 is 4.74 Å². The number of non-ortho nitro benzene ring substituents is 1. The van der Waals surface area contributed by atoms with E-state index in [2.05, 4.69) is 12.1 Å². The molecule has 0 bridgehead atoms. The predicted octanol–water partition coefficient (Wildman–Crippen LogP) is 4.77. The zero-order valence-electron chi connectivity index (χ0n) is 20.2. The van der Waals surface area contributed by atoms with Crippen molar-refractivity contribution in [3.8, 4) is 5.75 Å². The average molecular weight is 459 g/mol. The Balaban J connectivity index is 0.000000234. The molecule has 0 radical (unpaired) electrons. The Bertz CT molecular complexity index is 953. The van der Waals surface area contributed by atoms with Crippen LogP contribution in [-0.4, -0.2) is 51.9 Å². The number of rotatable bonds is 4. The van der Waals surface area contributed by atoms with E-state index >= 15 is 0 Å². The first kappa shape index (κ1) is 26.1. The summed E-state index contributed by atoms with van der Waals surface area (Å²) in [5, 5.41) is 20.4. The third kappa shape index (κ3) is 8.05. The van der Waals surface area contributed by atoms with Crippen LogP contribution in [0.4, 0.5) is 10.5 Å². The summed E-state index contributed by atoms with van der Waals surface area (Å²) < 4.78 is 10.8. The molecule has 180 valence electrons. The zero-order valence-corrected chi connectivity index (χ0v) is 20.2. The van der Waals surface area contributed by atoms with Crippen LogP contribution in [-0.2, 0) is 17.6 Å². The molecule has 1 aliphatic rings. The van der Waals surface area contributed by atoms with Crippen LogP contribution in [0.5, 0.6) is 5.75 Å². The maximum atomic E-state index is 11.7. The Kier molecular flexibility index (Phi) is 8.44. The first-order valence-electron chi connectivity index (χ1n) is 10.9. The van der Waals surface area contributed by atoms with Gasteiger partial charge in [-0.25, -0.2) is 4.79 Å². The summed E-state index contributed by atoms with van der Waals surface area (Å²) in [5.41, 5.74) is 0.895. The minimum absolute atomic E-state index is 0.00550. The van der Waals surface area contributed by atoms with Crippen molar-refractivity contribution in [3.63, 3.8) is 0 Å². The van der Waals surface area contributed by atoms with Crippen LogP contribution in [0.15, 0.2) is 48.5 Å². The second kappa shape index (κ2) is 10.7. The monoisotopic (exact) mass is 458 g/mol. The summed E-state index contributed by atoms with van der Waals surface area (Å²) in [6, 6.07) is 14.6. The normalized spacial score (nSPS) is 16.4. The van der Waals surface area contributed by atoms with Gasteiger partial charge in [-0.3, -0.25) is 10.1 Å². The van der Waals surface area contributed by atoms with Gasteiger partial charge in [0.05, 0.1) is 17.1 Å². The molecule has 1 N–H and O–H groups in total. The Hall–Kier alpha value is -3.13. The van der Waals surface area contributed by atoms with Crippen LogP contribution in [0, 0.1) is 10.1 Å². The van der Waals surface area contributed by atoms with Gasteiger partial charge in [0.1, 0.15) is 17.0 Å². The highest BCUT2D eigenvalue weighted by molar-refractivity contribution is 5.67. The Labute approximate surface area is 195 Å². The van der Waals surface area contributed by atoms with Gasteiger partial charge in [0.2, 0.25) is 0 Å². The van der Waals surface area contributed by atoms with Crippen LogP contribution >= 0.6 is 0 Å². The van der Waals surface area contributed by atoms with E-state index in [1.807, 2.05) is 39.0 Å². The lowest BCUT2D eigenvalue weighted by Gasteiger charge is -2.36. The van der Waals surface area contributed by atoms with E-state index in [0.29, 0.717) is 18.7 Å². The fourth-order valence-corrected chi connectivity index (χ4v) is 3.10. The number of likely N-dealkylation sites (N-methyl/N-ethyl adjacent to an activating group) is 1. The third-order valence-corrected chi connectivity index (χ3v) is 5.13. The first-order valence-corrected chi connectivity index (χ1v) is 10.9. The van der Waals surface area contributed by atoms with E-state index in [1.54, 1.807) is 31.9 Å². The summed E-state index contributed by atoms with van der Waals surface area (Å²) in [5.74, 6) is 0.490. The highest BCUT2D eigenvalue weighted by Gasteiger charge is 2.36. The molecule has 8 nitrogen and oxygen atoms in total. The second-order valence-corrected chi connectivity index (χ2v) is 9.61. The molecule has 1 aliphatic heterocycles. The highest BCUT2D eigenvalue weighted by Crippen LogP contribution is 2.35. The average Bonchev–Trinajstić information content (AvgIpc) is 2.72. The molecule has 1 heterocycles. The molecule has 0 saturated carbocycles. The predicted molar refractivity (Wildman–Crippen MR) is 127 cm³/mol. The summed E-state index contributed by atoms with van der Waals surface area (Å²) in [4.78, 5) is 23.4. The van der Waals surface area contributed by atoms with Crippen molar-refractivity contribution in [1.29, 1.82) is 0 Å². The van der Waals surface area contributed by atoms with E-state index < -0.39 is 22.2 Å². The number of carbonyl (C=O) groups excluding carboxylic acids is 1. The molecule has 0 spiro atoms. The van der Waals surface area contributed by atoms with Crippen LogP contribution in [0.25, 0.3) is 0 Å². The molecule has 1 amide bonds. The van der Waals surface area contributed by atoms with Crippen LogP contribution in [0.2, 0.25) is 0 Å². The lowest BCUT2D eigenvalue weighted by molar-refractivity contribution is -0.385. The molecule has 2 aromatic rings. The van der Waals surface area contributed by atoms with Crippen LogP contribution in [0.1, 0.15) is 45.7 Å². The number of nitro benzene ring substituents is 1. The summed E-state index contributed by atoms with van der Waals surface area (Å²) in [6.07, 6.45) is 0.437. The smallest absolute Gasteiger partial charge is 0.410 e. The van der Waals surface area contributed by atoms with Crippen molar-refractivity contribution >= 4 is 11.8 Å². The van der Waals surface area contributed by atoms with Gasteiger partial charge in [-0.2, -0.15) is 0 Å². The number of nitrogens with zero attached hydrogens (tertiary/aromatic N) is 2. The molecule has 0 aromatic heterocycles. The Morgan fingerprint density at radius 2 is 1.88 bits per heavy atom. The minimum Gasteiger partial charge on any atom is -0.485 e. The number of ether oxygens (including phenoxy) is 2. The number of aliphatic hydroxyl groups excluding tert-OH is 1. The van der Waals surface area contributed by atoms with Gasteiger partial charge in [-0.1, -0.05) is 30.3 Å². The van der Waals surface area contributed by atoms with Crippen molar-refractivity contribution in [2.24, 2.45) is 0 Å². The molecule has 1 atom stereocenters. The molecule has 8 heteroatoms. The molecule has 0 saturated heterocycles. The molecule has 2 aromatic carbocycles. The van der Waals surface area contributed by atoms with Crippen LogP contribution in [0.3, 0.4) is 0 Å². The molecule has 33 heavy (non-hydrogen) atoms. The number of amides is 1. The second-order valence-electron chi connectivity index (χ2n) is 9.61. The topological polar surface area (TPSA) is 102 Å². The van der Waals surface area contributed by atoms with Crippen molar-refractivity contribution in [2.75, 3.05) is 13.6 Å². The first-order chi connectivity index (χ1) is 15.3. The van der Waals surface area contributed by atoms with Gasteiger partial charge >= 0.3 is 6.09 Å². The van der Waals surface area contributed by atoms with Gasteiger partial charge in [0.25, 0.3) is 5.69 Å². The highest BCUT2D eigenvalue weighted by atomic mass is 16.6. The number of carbonyl (C=O) groups is 1. The molecule has 0 aliphatic carbocycles. The summed E-state index contributed by atoms with van der Waals surface area (Å²) in [7, 11) is 1.76. The number of hydrogen-bond acceptors (Lipinski definition) is 6. The standard InChI is InChI=1S/C14H21NO2.C11H13NO4/c1-14(2,3)17-13(16)15(4)11-10-12-8-6-5-7-9-12;1-11(2)10(13)5-7-3-4-8(12(14)15)6-9(7)16-11/h5-9H,10-11H2,1-4H3;3-4,6,10,13H,5H2,1-2H3. The lowest BCUT2D eigenvalue weighted by atomic mass is 9.91. The van der Waals surface area contributed by atoms with Crippen molar-refractivity contribution < 1.29 is 24.3 Å². The Morgan fingerprint density at radius 1 is 1.24 bits per heavy atom. The maximum Gasteiger partial charge on any atom is 0.410 e. The number of fused-ring (bicyclic) bond motifs is 1. The number of benzene rings is 2. The van der Waals surface area contributed by atoms with Crippen molar-refractivity contribution in [3.05, 3.63) is 69.8 Å². The quantitative estimate of drug-likeness (QED) is 0.523. The van der Waals surface area contributed by atoms with Gasteiger partial charge in [-0.05, 0) is 58.2 Å². The fourth-order valence-electron chi connectivity index (χ4n) is 3.10. The fraction of sp³-hybridized carbons (Fsp3) is 0.480. The van der Waals surface area contributed by atoms with E-state index in [4.69, 9.17) is 9.47 Å². The van der Waals surface area contributed by atoms with Gasteiger partial charge in [-0.15, -0.1) is 0 Å². The maximum absolute atomic E-state index is 11.7. The third-order valence-electron chi connectivity index (χ3n) is 5.13. The molecule has 1 unspecified atom stereocenters. The largest absolute Gasteiger partial charge is 0.485 e. The van der Waals surface area contributed by atoms with E-state index in [1.165, 1.54) is 17.7 Å². The van der Waals surface area contributed by atoms with E-state index in [9.17, 15) is 20.0 Å². The van der Waals surface area contributed by atoms with Crippen molar-refractivity contribution in [2.45, 2.75) is 64.8 Å². The molecular weight excluding hydrogens is 424 g/mol. The SMILES string of the molecule is CC1(C)Oc2cc([N+](=O)[O-])ccc2CC1O.CN(CCc1ccccc1)C(=O)OC(C)(C)C. The Morgan fingerprint density at radius 3 is 2.45 bits per heavy atom. The van der Waals surface area contributed by atoms with Gasteiger partial charge < -0.3 is 19.5 Å². The molecule has 0 fully saturated rings. The van der Waals surface area contributed by atoms with E-state index in [-0.39, 0.29) is 11.8 Å². The minimum atomic E-state index is -0.706. The summed E-state index contributed by atoms with van der Waals surface area (Å²) >= 11 is 0. The summed E-state index contributed by atoms with van der Waals surface area (Å²) in [6.45, 7) is 9.81. The van der Waals surface area contributed by atoms with E-state index in [0.717, 1.165) is 12.0 Å².